The molecule has 0 spiro atoms. The van der Waals surface area contributed by atoms with Crippen molar-refractivity contribution in [2.45, 2.75) is 18.6 Å². The van der Waals surface area contributed by atoms with Crippen LogP contribution in [0.5, 0.6) is 11.5 Å². The number of nitrogens with one attached hydrogen (secondary N) is 2. The van der Waals surface area contributed by atoms with Crippen LogP contribution in [0.1, 0.15) is 39.2 Å². The number of methoxy groups -OCH3 is 2. The topological polar surface area (TPSA) is 150 Å². The first kappa shape index (κ1) is 33.8. The molecule has 0 saturated heterocycles. The zero-order valence-electron chi connectivity index (χ0n) is 24.5. The quantitative estimate of drug-likeness (QED) is 0.0980. The van der Waals surface area contributed by atoms with Gasteiger partial charge in [-0.05, 0) is 42.0 Å². The standard InChI is InChI=1S/C32H28Cl2FN3O8/c1-44-26-11-10-18(13-28(26)45-2)27(14-22-23(33)16-38(43)17-24(22)34)46-29(39)15-36-31(40)19-6-5-7-20(12-19)37-30(32(41)42)21-8-3-4-9-25(21)35/h3-13,16-17,27,30,37H,14-15H2,1-2H3,(H,36,40)(H,41,42). The fourth-order valence-corrected chi connectivity index (χ4v) is 5.14. The molecule has 4 rings (SSSR count). The lowest BCUT2D eigenvalue weighted by Gasteiger charge is -2.21. The number of esters is 1. The number of benzene rings is 3. The van der Waals surface area contributed by atoms with Gasteiger partial charge in [0, 0.05) is 28.8 Å². The van der Waals surface area contributed by atoms with E-state index in [-0.39, 0.29) is 33.3 Å². The van der Waals surface area contributed by atoms with Crippen molar-refractivity contribution in [3.05, 3.63) is 122 Å². The molecule has 0 bridgehead atoms. The second-order valence-electron chi connectivity index (χ2n) is 9.79. The van der Waals surface area contributed by atoms with Crippen LogP contribution in [0.15, 0.2) is 79.1 Å². The van der Waals surface area contributed by atoms with Crippen molar-refractivity contribution >= 4 is 46.7 Å². The van der Waals surface area contributed by atoms with Crippen LogP contribution in [0.25, 0.3) is 0 Å². The molecule has 2 unspecified atom stereocenters. The molecule has 240 valence electrons. The Balaban J connectivity index is 1.49. The number of amides is 1. The number of pyridine rings is 1. The Labute approximate surface area is 273 Å². The average molecular weight is 672 g/mol. The Morgan fingerprint density at radius 2 is 1.65 bits per heavy atom. The largest absolute Gasteiger partial charge is 0.619 e. The smallest absolute Gasteiger partial charge is 0.330 e. The minimum absolute atomic E-state index is 0.0197. The molecular formula is C32H28Cl2FN3O8. The first-order valence-electron chi connectivity index (χ1n) is 13.6. The second kappa shape index (κ2) is 15.3. The van der Waals surface area contributed by atoms with Crippen molar-refractivity contribution in [3.63, 3.8) is 0 Å². The van der Waals surface area contributed by atoms with Crippen LogP contribution in [0.2, 0.25) is 10.0 Å². The van der Waals surface area contributed by atoms with Gasteiger partial charge in [-0.15, -0.1) is 0 Å². The van der Waals surface area contributed by atoms with Gasteiger partial charge < -0.3 is 35.2 Å². The molecule has 1 heterocycles. The van der Waals surface area contributed by atoms with Gasteiger partial charge in [-0.1, -0.05) is 53.5 Å². The van der Waals surface area contributed by atoms with Crippen LogP contribution in [0, 0.1) is 11.0 Å². The zero-order valence-corrected chi connectivity index (χ0v) is 26.0. The number of hydrogen-bond acceptors (Lipinski definition) is 8. The SMILES string of the molecule is COc1ccc(C(Cc2c(Cl)c[n+]([O-])cc2Cl)OC(=O)CNC(=O)c2cccc(NC(C(=O)O)c3ccccc3F)c2)cc1OC. The number of nitrogens with zero attached hydrogens (tertiary/aromatic N) is 1. The Morgan fingerprint density at radius 1 is 0.957 bits per heavy atom. The molecule has 3 N–H and O–H groups in total. The molecular weight excluding hydrogens is 644 g/mol. The lowest BCUT2D eigenvalue weighted by Crippen LogP contribution is -2.32. The van der Waals surface area contributed by atoms with Gasteiger partial charge >= 0.3 is 11.9 Å². The van der Waals surface area contributed by atoms with Crippen molar-refractivity contribution in [2.24, 2.45) is 0 Å². The first-order valence-corrected chi connectivity index (χ1v) is 14.4. The highest BCUT2D eigenvalue weighted by Gasteiger charge is 2.25. The maximum atomic E-state index is 14.3. The Bertz CT molecular complexity index is 1730. The van der Waals surface area contributed by atoms with Crippen molar-refractivity contribution in [3.8, 4) is 11.5 Å². The number of halogens is 3. The predicted molar refractivity (Wildman–Crippen MR) is 167 cm³/mol. The molecule has 1 amide bonds. The van der Waals surface area contributed by atoms with Crippen molar-refractivity contribution < 1.29 is 42.8 Å². The monoisotopic (exact) mass is 671 g/mol. The lowest BCUT2D eigenvalue weighted by atomic mass is 10.0. The summed E-state index contributed by atoms with van der Waals surface area (Å²) in [6.07, 6.45) is 1.25. The van der Waals surface area contributed by atoms with E-state index in [1.807, 2.05) is 0 Å². The van der Waals surface area contributed by atoms with Gasteiger partial charge in [-0.25, -0.2) is 9.18 Å². The molecule has 46 heavy (non-hydrogen) atoms. The number of ether oxygens (including phenoxy) is 3. The molecule has 3 aromatic carbocycles. The molecule has 1 aromatic heterocycles. The summed E-state index contributed by atoms with van der Waals surface area (Å²) in [5, 5.41) is 26.7. The van der Waals surface area contributed by atoms with Crippen LogP contribution in [0.4, 0.5) is 10.1 Å². The molecule has 14 heteroatoms. The molecule has 11 nitrogen and oxygen atoms in total. The molecule has 4 aromatic rings. The van der Waals surface area contributed by atoms with Gasteiger partial charge in [-0.3, -0.25) is 9.59 Å². The van der Waals surface area contributed by atoms with E-state index in [2.05, 4.69) is 10.6 Å². The Kier molecular flexibility index (Phi) is 11.2. The van der Waals surface area contributed by atoms with E-state index in [0.29, 0.717) is 27.4 Å². The highest BCUT2D eigenvalue weighted by molar-refractivity contribution is 6.35. The van der Waals surface area contributed by atoms with E-state index < -0.39 is 42.4 Å². The van der Waals surface area contributed by atoms with Gasteiger partial charge in [0.2, 0.25) is 0 Å². The number of aliphatic carboxylic acids is 1. The summed E-state index contributed by atoms with van der Waals surface area (Å²) >= 11 is 12.6. The van der Waals surface area contributed by atoms with Crippen LogP contribution >= 0.6 is 23.2 Å². The van der Waals surface area contributed by atoms with E-state index >= 15 is 0 Å². The van der Waals surface area contributed by atoms with Crippen molar-refractivity contribution in [2.75, 3.05) is 26.1 Å². The fourth-order valence-electron chi connectivity index (χ4n) is 4.55. The molecule has 0 radical (unpaired) electrons. The van der Waals surface area contributed by atoms with Crippen molar-refractivity contribution in [1.29, 1.82) is 0 Å². The molecule has 0 aliphatic rings. The normalized spacial score (nSPS) is 12.0. The van der Waals surface area contributed by atoms with E-state index in [1.54, 1.807) is 18.2 Å². The molecule has 0 aliphatic carbocycles. The Hall–Kier alpha value is -5.07. The number of carbonyl (C=O) groups is 3. The third-order valence-electron chi connectivity index (χ3n) is 6.79. The predicted octanol–water partition coefficient (Wildman–Crippen LogP) is 5.28. The first-order chi connectivity index (χ1) is 22.0. The summed E-state index contributed by atoms with van der Waals surface area (Å²) in [6, 6.07) is 14.8. The minimum Gasteiger partial charge on any atom is -0.619 e. The number of carboxylic acid groups (broad SMARTS) is 1. The summed E-state index contributed by atoms with van der Waals surface area (Å²) in [5.41, 5.74) is 1.09. The van der Waals surface area contributed by atoms with Gasteiger partial charge in [0.15, 0.2) is 29.9 Å². The van der Waals surface area contributed by atoms with Crippen LogP contribution in [0.3, 0.4) is 0 Å². The van der Waals surface area contributed by atoms with Crippen molar-refractivity contribution in [1.82, 2.24) is 5.32 Å². The Morgan fingerprint density at radius 3 is 2.30 bits per heavy atom. The van der Waals surface area contributed by atoms with Crippen LogP contribution in [-0.2, 0) is 20.7 Å². The zero-order chi connectivity index (χ0) is 33.4. The van der Waals surface area contributed by atoms with Gasteiger partial charge in [0.25, 0.3) is 5.91 Å². The highest BCUT2D eigenvalue weighted by atomic mass is 35.5. The van der Waals surface area contributed by atoms with Crippen LogP contribution in [-0.4, -0.2) is 43.7 Å². The third-order valence-corrected chi connectivity index (χ3v) is 7.44. The summed E-state index contributed by atoms with van der Waals surface area (Å²) in [6.45, 7) is -0.538. The number of aromatic nitrogens is 1. The average Bonchev–Trinajstić information content (AvgIpc) is 3.03. The number of hydrogen-bond donors (Lipinski definition) is 3. The second-order valence-corrected chi connectivity index (χ2v) is 10.6. The van der Waals surface area contributed by atoms with E-state index in [0.717, 1.165) is 18.5 Å². The van der Waals surface area contributed by atoms with Gasteiger partial charge in [0.05, 0.1) is 14.2 Å². The summed E-state index contributed by atoms with van der Waals surface area (Å²) in [4.78, 5) is 37.8. The van der Waals surface area contributed by atoms with Gasteiger partial charge in [0.1, 0.15) is 28.5 Å². The number of carboxylic acids is 1. The molecule has 2 atom stereocenters. The summed E-state index contributed by atoms with van der Waals surface area (Å²) in [5.74, 6) is -2.69. The van der Waals surface area contributed by atoms with E-state index in [9.17, 15) is 29.1 Å². The fraction of sp³-hybridized carbons (Fsp3) is 0.188. The highest BCUT2D eigenvalue weighted by Crippen LogP contribution is 2.35. The lowest BCUT2D eigenvalue weighted by molar-refractivity contribution is -0.605. The van der Waals surface area contributed by atoms with Crippen LogP contribution < -0.4 is 24.8 Å². The van der Waals surface area contributed by atoms with Gasteiger partial charge in [-0.2, -0.15) is 4.73 Å². The maximum Gasteiger partial charge on any atom is 0.330 e. The molecule has 0 aliphatic heterocycles. The minimum atomic E-state index is -1.42. The van der Waals surface area contributed by atoms with E-state index in [1.165, 1.54) is 56.7 Å². The number of anilines is 1. The number of rotatable bonds is 13. The summed E-state index contributed by atoms with van der Waals surface area (Å²) in [7, 11) is 2.92. The summed E-state index contributed by atoms with van der Waals surface area (Å²) < 4.78 is 31.1. The molecule has 0 fully saturated rings. The van der Waals surface area contributed by atoms with E-state index in [4.69, 9.17) is 37.4 Å². The number of carbonyl (C=O) groups excluding carboxylic acids is 2. The third kappa shape index (κ3) is 8.34. The molecule has 0 saturated carbocycles. The maximum absolute atomic E-state index is 14.3.